The van der Waals surface area contributed by atoms with Gasteiger partial charge in [0.15, 0.2) is 0 Å². The van der Waals surface area contributed by atoms with Crippen molar-refractivity contribution in [2.75, 3.05) is 7.11 Å². The monoisotopic (exact) mass is 259 g/mol. The molecule has 1 unspecified atom stereocenters. The maximum Gasteiger partial charge on any atom is 0.118 e. The lowest BCUT2D eigenvalue weighted by Gasteiger charge is -2.12. The fraction of sp³-hybridized carbons (Fsp3) is 0.400. The van der Waals surface area contributed by atoms with Crippen LogP contribution in [0.4, 0.5) is 0 Å². The van der Waals surface area contributed by atoms with Gasteiger partial charge < -0.3 is 15.0 Å². The molecule has 2 aromatic rings. The molecular weight excluding hydrogens is 238 g/mol. The number of hydrogen-bond donors (Lipinski definition) is 1. The highest BCUT2D eigenvalue weighted by atomic mass is 16.5. The third kappa shape index (κ3) is 3.58. The average Bonchev–Trinajstić information content (AvgIpc) is 2.86. The normalized spacial score (nSPS) is 12.4. The zero-order valence-electron chi connectivity index (χ0n) is 11.5. The van der Waals surface area contributed by atoms with Crippen LogP contribution < -0.4 is 10.5 Å². The maximum atomic E-state index is 6.21. The molecule has 2 rings (SSSR count). The summed E-state index contributed by atoms with van der Waals surface area (Å²) in [4.78, 5) is 4.36. The van der Waals surface area contributed by atoms with Crippen molar-refractivity contribution >= 4 is 0 Å². The smallest absolute Gasteiger partial charge is 0.118 e. The van der Waals surface area contributed by atoms with Crippen LogP contribution in [0, 0.1) is 0 Å². The van der Waals surface area contributed by atoms with Crippen molar-refractivity contribution in [3.05, 3.63) is 48.0 Å². The minimum absolute atomic E-state index is 0.0843. The van der Waals surface area contributed by atoms with E-state index in [0.29, 0.717) is 0 Å². The third-order valence-electron chi connectivity index (χ3n) is 3.24. The quantitative estimate of drug-likeness (QED) is 0.863. The molecule has 0 aliphatic carbocycles. The molecule has 1 aromatic carbocycles. The highest BCUT2D eigenvalue weighted by Gasteiger charge is 2.09. The summed E-state index contributed by atoms with van der Waals surface area (Å²) in [5.41, 5.74) is 7.43. The van der Waals surface area contributed by atoms with Crippen molar-refractivity contribution in [1.29, 1.82) is 0 Å². The number of nitrogens with zero attached hydrogens (tertiary/aromatic N) is 2. The lowest BCUT2D eigenvalue weighted by atomic mass is 10.0. The fourth-order valence-electron chi connectivity index (χ4n) is 2.19. The van der Waals surface area contributed by atoms with Crippen LogP contribution in [0.15, 0.2) is 36.7 Å². The maximum absolute atomic E-state index is 6.21. The van der Waals surface area contributed by atoms with Crippen LogP contribution in [0.5, 0.6) is 5.75 Å². The predicted molar refractivity (Wildman–Crippen MR) is 76.3 cm³/mol. The summed E-state index contributed by atoms with van der Waals surface area (Å²) in [7, 11) is 1.67. The van der Waals surface area contributed by atoms with Gasteiger partial charge in [-0.2, -0.15) is 0 Å². The summed E-state index contributed by atoms with van der Waals surface area (Å²) >= 11 is 0. The summed E-state index contributed by atoms with van der Waals surface area (Å²) in [6, 6.07) is 8.14. The molecule has 0 amide bonds. The lowest BCUT2D eigenvalue weighted by molar-refractivity contribution is 0.414. The molecule has 0 aliphatic heterocycles. The van der Waals surface area contributed by atoms with Crippen molar-refractivity contribution in [2.45, 2.75) is 32.4 Å². The number of rotatable bonds is 6. The zero-order valence-corrected chi connectivity index (χ0v) is 11.5. The van der Waals surface area contributed by atoms with E-state index in [9.17, 15) is 0 Å². The van der Waals surface area contributed by atoms with E-state index in [4.69, 9.17) is 10.5 Å². The van der Waals surface area contributed by atoms with Crippen LogP contribution in [0.25, 0.3) is 0 Å². The van der Waals surface area contributed by atoms with Gasteiger partial charge in [-0.25, -0.2) is 4.98 Å². The van der Waals surface area contributed by atoms with Gasteiger partial charge in [-0.3, -0.25) is 0 Å². The van der Waals surface area contributed by atoms with Gasteiger partial charge in [-0.15, -0.1) is 0 Å². The van der Waals surface area contributed by atoms with E-state index >= 15 is 0 Å². The number of ether oxygens (including phenoxy) is 1. The van der Waals surface area contributed by atoms with Crippen molar-refractivity contribution in [1.82, 2.24) is 9.55 Å². The number of aryl methyl sites for hydroxylation is 1. The second-order valence-electron chi connectivity index (χ2n) is 4.65. The van der Waals surface area contributed by atoms with Gasteiger partial charge in [0, 0.05) is 31.4 Å². The molecule has 0 spiro atoms. The Morgan fingerprint density at radius 2 is 2.00 bits per heavy atom. The molecule has 0 bridgehead atoms. The Balaban J connectivity index is 1.95. The Morgan fingerprint density at radius 1 is 1.26 bits per heavy atom. The number of benzene rings is 1. The number of aromatic nitrogens is 2. The van der Waals surface area contributed by atoms with E-state index in [-0.39, 0.29) is 6.04 Å². The van der Waals surface area contributed by atoms with Gasteiger partial charge in [0.2, 0.25) is 0 Å². The highest BCUT2D eigenvalue weighted by Crippen LogP contribution is 2.13. The number of imidazole rings is 1. The van der Waals surface area contributed by atoms with E-state index < -0.39 is 0 Å². The molecule has 0 saturated heterocycles. The Kier molecular flexibility index (Phi) is 4.58. The first-order valence-electron chi connectivity index (χ1n) is 6.61. The van der Waals surface area contributed by atoms with Crippen LogP contribution in [0.1, 0.15) is 18.3 Å². The van der Waals surface area contributed by atoms with Crippen molar-refractivity contribution in [3.8, 4) is 5.75 Å². The summed E-state index contributed by atoms with van der Waals surface area (Å²) < 4.78 is 7.28. The highest BCUT2D eigenvalue weighted by molar-refractivity contribution is 5.27. The number of hydrogen-bond acceptors (Lipinski definition) is 3. The molecule has 2 N–H and O–H groups in total. The first-order valence-corrected chi connectivity index (χ1v) is 6.61. The van der Waals surface area contributed by atoms with Crippen molar-refractivity contribution in [2.24, 2.45) is 5.73 Å². The Hall–Kier alpha value is -1.81. The Bertz CT molecular complexity index is 504. The molecule has 0 radical (unpaired) electrons. The Labute approximate surface area is 114 Å². The van der Waals surface area contributed by atoms with Gasteiger partial charge in [-0.05, 0) is 31.0 Å². The minimum atomic E-state index is 0.0843. The Morgan fingerprint density at radius 3 is 2.63 bits per heavy atom. The van der Waals surface area contributed by atoms with Gasteiger partial charge in [-0.1, -0.05) is 12.1 Å². The molecule has 1 atom stereocenters. The van der Waals surface area contributed by atoms with Crippen LogP contribution >= 0.6 is 0 Å². The van der Waals surface area contributed by atoms with Crippen LogP contribution in [0.3, 0.4) is 0 Å². The SMILES string of the molecule is CCn1ccnc1CC(N)Cc1ccc(OC)cc1. The first kappa shape index (κ1) is 13.6. The van der Waals surface area contributed by atoms with E-state index in [0.717, 1.165) is 31.0 Å². The topological polar surface area (TPSA) is 53.1 Å². The van der Waals surface area contributed by atoms with Crippen LogP contribution in [0.2, 0.25) is 0 Å². The molecule has 19 heavy (non-hydrogen) atoms. The van der Waals surface area contributed by atoms with Gasteiger partial charge in [0.25, 0.3) is 0 Å². The standard InChI is InChI=1S/C15H21N3O/c1-3-18-9-8-17-15(18)11-13(16)10-12-4-6-14(19-2)7-5-12/h4-9,13H,3,10-11,16H2,1-2H3. The predicted octanol–water partition coefficient (Wildman–Crippen LogP) is 2.02. The van der Waals surface area contributed by atoms with Crippen molar-refractivity contribution < 1.29 is 4.74 Å². The molecule has 4 nitrogen and oxygen atoms in total. The van der Waals surface area contributed by atoms with Gasteiger partial charge in [0.1, 0.15) is 11.6 Å². The average molecular weight is 259 g/mol. The summed E-state index contributed by atoms with van der Waals surface area (Å²) in [5.74, 6) is 1.93. The van der Waals surface area contributed by atoms with E-state index in [1.54, 1.807) is 7.11 Å². The molecule has 0 fully saturated rings. The summed E-state index contributed by atoms with van der Waals surface area (Å²) in [6.45, 7) is 3.05. The minimum Gasteiger partial charge on any atom is -0.497 e. The van der Waals surface area contributed by atoms with Crippen LogP contribution in [-0.2, 0) is 19.4 Å². The summed E-state index contributed by atoms with van der Waals surface area (Å²) in [6.07, 6.45) is 5.47. The molecule has 102 valence electrons. The van der Waals surface area contributed by atoms with E-state index in [1.807, 2.05) is 24.5 Å². The zero-order chi connectivity index (χ0) is 13.7. The van der Waals surface area contributed by atoms with E-state index in [1.165, 1.54) is 5.56 Å². The third-order valence-corrected chi connectivity index (χ3v) is 3.24. The number of nitrogens with two attached hydrogens (primary N) is 1. The van der Waals surface area contributed by atoms with Gasteiger partial charge >= 0.3 is 0 Å². The molecule has 0 saturated carbocycles. The number of methoxy groups -OCH3 is 1. The van der Waals surface area contributed by atoms with Crippen molar-refractivity contribution in [3.63, 3.8) is 0 Å². The largest absolute Gasteiger partial charge is 0.497 e. The summed E-state index contributed by atoms with van der Waals surface area (Å²) in [5, 5.41) is 0. The molecule has 4 heteroatoms. The first-order chi connectivity index (χ1) is 9.22. The fourth-order valence-corrected chi connectivity index (χ4v) is 2.19. The van der Waals surface area contributed by atoms with E-state index in [2.05, 4.69) is 28.6 Å². The molecular formula is C15H21N3O. The molecule has 1 aromatic heterocycles. The second-order valence-corrected chi connectivity index (χ2v) is 4.65. The lowest BCUT2D eigenvalue weighted by Crippen LogP contribution is -2.27. The van der Waals surface area contributed by atoms with Gasteiger partial charge in [0.05, 0.1) is 7.11 Å². The molecule has 0 aliphatic rings. The molecule has 1 heterocycles. The second kappa shape index (κ2) is 6.38. The van der Waals surface area contributed by atoms with Crippen LogP contribution in [-0.4, -0.2) is 22.7 Å².